The molecule has 0 amide bonds. The summed E-state index contributed by atoms with van der Waals surface area (Å²) in [4.78, 5) is 11.2. The first-order valence-corrected chi connectivity index (χ1v) is 5.98. The number of benzene rings is 1. The van der Waals surface area contributed by atoms with Crippen molar-refractivity contribution in [2.24, 2.45) is 0 Å². The van der Waals surface area contributed by atoms with Crippen molar-refractivity contribution in [1.82, 2.24) is 0 Å². The smallest absolute Gasteiger partial charge is 0.336 e. The fourth-order valence-electron chi connectivity index (χ4n) is 1.65. The molecule has 0 N–H and O–H groups in total. The fraction of sp³-hybridized carbons (Fsp3) is 0.267. The Labute approximate surface area is 111 Å². The molecule has 0 aliphatic heterocycles. The molecule has 0 radical (unpaired) electrons. The molecule has 1 heterocycles. The third kappa shape index (κ3) is 3.16. The summed E-state index contributed by atoms with van der Waals surface area (Å²) in [5.41, 5.74) is 1.28. The highest BCUT2D eigenvalue weighted by Gasteiger charge is 2.08. The Bertz CT molecular complexity index is 663. The molecule has 4 nitrogen and oxygen atoms in total. The largest absolute Gasteiger partial charge is 0.493 e. The van der Waals surface area contributed by atoms with E-state index in [-0.39, 0.29) is 5.63 Å². The van der Waals surface area contributed by atoms with Crippen LogP contribution in [0.5, 0.6) is 11.5 Å². The van der Waals surface area contributed by atoms with E-state index in [9.17, 15) is 4.79 Å². The van der Waals surface area contributed by atoms with Crippen LogP contribution < -0.4 is 15.1 Å². The second-order valence-electron chi connectivity index (χ2n) is 4.39. The van der Waals surface area contributed by atoms with Crippen LogP contribution in [0.2, 0.25) is 0 Å². The first-order valence-electron chi connectivity index (χ1n) is 5.98. The molecule has 19 heavy (non-hydrogen) atoms. The van der Waals surface area contributed by atoms with Gasteiger partial charge < -0.3 is 13.9 Å². The van der Waals surface area contributed by atoms with Crippen LogP contribution in [-0.2, 0) is 0 Å². The van der Waals surface area contributed by atoms with Gasteiger partial charge in [-0.2, -0.15) is 0 Å². The quantitative estimate of drug-likeness (QED) is 0.626. The van der Waals surface area contributed by atoms with E-state index in [0.29, 0.717) is 23.7 Å². The van der Waals surface area contributed by atoms with Crippen molar-refractivity contribution in [1.29, 1.82) is 0 Å². The van der Waals surface area contributed by atoms with Crippen LogP contribution in [0.3, 0.4) is 0 Å². The van der Waals surface area contributed by atoms with Gasteiger partial charge >= 0.3 is 5.63 Å². The van der Waals surface area contributed by atoms with E-state index >= 15 is 0 Å². The van der Waals surface area contributed by atoms with Crippen LogP contribution in [0.1, 0.15) is 13.8 Å². The lowest BCUT2D eigenvalue weighted by molar-refractivity contribution is 0.326. The molecule has 0 bridgehead atoms. The third-order valence-corrected chi connectivity index (χ3v) is 2.64. The van der Waals surface area contributed by atoms with E-state index in [2.05, 4.69) is 0 Å². The van der Waals surface area contributed by atoms with E-state index in [0.717, 1.165) is 5.39 Å². The van der Waals surface area contributed by atoms with Crippen molar-refractivity contribution < 1.29 is 13.9 Å². The van der Waals surface area contributed by atoms with Crippen LogP contribution >= 0.6 is 0 Å². The Balaban J connectivity index is 2.40. The first kappa shape index (κ1) is 13.2. The van der Waals surface area contributed by atoms with Crippen LogP contribution in [0.4, 0.5) is 0 Å². The molecule has 0 atom stereocenters. The van der Waals surface area contributed by atoms with Gasteiger partial charge in [0.05, 0.1) is 7.11 Å². The number of methoxy groups -OCH3 is 1. The molecule has 0 aliphatic carbocycles. The number of hydrogen-bond donors (Lipinski definition) is 0. The normalized spacial score (nSPS) is 10.3. The highest BCUT2D eigenvalue weighted by Crippen LogP contribution is 2.31. The maximum atomic E-state index is 11.2. The Hall–Kier alpha value is -2.23. The van der Waals surface area contributed by atoms with Crippen LogP contribution in [0.25, 0.3) is 11.0 Å². The molecule has 0 spiro atoms. The molecule has 4 heteroatoms. The molecule has 0 saturated heterocycles. The Morgan fingerprint density at radius 2 is 2.05 bits per heavy atom. The van der Waals surface area contributed by atoms with Gasteiger partial charge in [0.15, 0.2) is 11.5 Å². The van der Waals surface area contributed by atoms with Gasteiger partial charge in [0.1, 0.15) is 12.2 Å². The monoisotopic (exact) mass is 260 g/mol. The lowest BCUT2D eigenvalue weighted by atomic mass is 10.2. The lowest BCUT2D eigenvalue weighted by Gasteiger charge is -2.10. The highest BCUT2D eigenvalue weighted by molar-refractivity contribution is 5.80. The van der Waals surface area contributed by atoms with E-state index in [4.69, 9.17) is 13.9 Å². The SMILES string of the molecule is COc1cc2ccc(=O)oc2cc1OCC=C(C)C. The molecular formula is C15H16O4. The maximum Gasteiger partial charge on any atom is 0.336 e. The van der Waals surface area contributed by atoms with Crippen molar-refractivity contribution >= 4 is 11.0 Å². The van der Waals surface area contributed by atoms with Gasteiger partial charge in [0, 0.05) is 17.5 Å². The summed E-state index contributed by atoms with van der Waals surface area (Å²) in [6, 6.07) is 6.54. The zero-order valence-electron chi connectivity index (χ0n) is 11.2. The van der Waals surface area contributed by atoms with Gasteiger partial charge in [-0.05, 0) is 32.1 Å². The van der Waals surface area contributed by atoms with Crippen molar-refractivity contribution in [2.45, 2.75) is 13.8 Å². The van der Waals surface area contributed by atoms with Gasteiger partial charge in [-0.15, -0.1) is 0 Å². The average Bonchev–Trinajstić information content (AvgIpc) is 2.37. The summed E-state index contributed by atoms with van der Waals surface area (Å²) < 4.78 is 16.0. The van der Waals surface area contributed by atoms with Crippen LogP contribution in [0.15, 0.2) is 45.1 Å². The minimum Gasteiger partial charge on any atom is -0.493 e. The summed E-state index contributed by atoms with van der Waals surface area (Å²) in [7, 11) is 1.58. The first-order chi connectivity index (χ1) is 9.10. The fourth-order valence-corrected chi connectivity index (χ4v) is 1.65. The summed E-state index contributed by atoms with van der Waals surface area (Å²) in [6.07, 6.45) is 1.96. The summed E-state index contributed by atoms with van der Waals surface area (Å²) in [5, 5.41) is 0.797. The Morgan fingerprint density at radius 3 is 2.74 bits per heavy atom. The highest BCUT2D eigenvalue weighted by atomic mass is 16.5. The predicted molar refractivity (Wildman–Crippen MR) is 74.0 cm³/mol. The molecule has 0 saturated carbocycles. The molecule has 1 aromatic carbocycles. The number of allylic oxidation sites excluding steroid dienone is 1. The van der Waals surface area contributed by atoms with Crippen molar-refractivity contribution in [2.75, 3.05) is 13.7 Å². The minimum absolute atomic E-state index is 0.382. The van der Waals surface area contributed by atoms with Gasteiger partial charge in [0.25, 0.3) is 0 Å². The lowest BCUT2D eigenvalue weighted by Crippen LogP contribution is -1.99. The molecule has 100 valence electrons. The van der Waals surface area contributed by atoms with E-state index in [1.807, 2.05) is 19.9 Å². The number of fused-ring (bicyclic) bond motifs is 1. The van der Waals surface area contributed by atoms with Gasteiger partial charge in [-0.3, -0.25) is 0 Å². The molecule has 0 unspecified atom stereocenters. The standard InChI is InChI=1S/C15H16O4/c1-10(2)6-7-18-14-9-12-11(8-13(14)17-3)4-5-15(16)19-12/h4-6,8-9H,7H2,1-3H3. The predicted octanol–water partition coefficient (Wildman–Crippen LogP) is 3.15. The Kier molecular flexibility index (Phi) is 3.90. The van der Waals surface area contributed by atoms with Crippen LogP contribution in [0, 0.1) is 0 Å². The van der Waals surface area contributed by atoms with Crippen molar-refractivity contribution in [3.8, 4) is 11.5 Å². The minimum atomic E-state index is -0.382. The zero-order chi connectivity index (χ0) is 13.8. The molecule has 0 aliphatic rings. The molecule has 2 rings (SSSR count). The molecular weight excluding hydrogens is 244 g/mol. The zero-order valence-corrected chi connectivity index (χ0v) is 11.2. The van der Waals surface area contributed by atoms with Crippen molar-refractivity contribution in [3.05, 3.63) is 46.3 Å². The van der Waals surface area contributed by atoms with Gasteiger partial charge in [0.2, 0.25) is 0 Å². The van der Waals surface area contributed by atoms with Gasteiger partial charge in [-0.1, -0.05) is 5.57 Å². The number of hydrogen-bond acceptors (Lipinski definition) is 4. The Morgan fingerprint density at radius 1 is 1.26 bits per heavy atom. The topological polar surface area (TPSA) is 48.7 Å². The van der Waals surface area contributed by atoms with Gasteiger partial charge in [-0.25, -0.2) is 4.79 Å². The number of ether oxygens (including phenoxy) is 2. The summed E-state index contributed by atoms with van der Waals surface area (Å²) >= 11 is 0. The molecule has 0 fully saturated rings. The van der Waals surface area contributed by atoms with Crippen LogP contribution in [-0.4, -0.2) is 13.7 Å². The number of rotatable bonds is 4. The average molecular weight is 260 g/mol. The summed E-state index contributed by atoms with van der Waals surface area (Å²) in [5.74, 6) is 1.17. The second kappa shape index (κ2) is 5.61. The molecule has 2 aromatic rings. The van der Waals surface area contributed by atoms with E-state index in [1.54, 1.807) is 25.3 Å². The summed E-state index contributed by atoms with van der Waals surface area (Å²) in [6.45, 7) is 4.45. The van der Waals surface area contributed by atoms with E-state index < -0.39 is 0 Å². The molecule has 1 aromatic heterocycles. The third-order valence-electron chi connectivity index (χ3n) is 2.64. The maximum absolute atomic E-state index is 11.2. The second-order valence-corrected chi connectivity index (χ2v) is 4.39. The van der Waals surface area contributed by atoms with E-state index in [1.165, 1.54) is 11.6 Å². The van der Waals surface area contributed by atoms with Crippen molar-refractivity contribution in [3.63, 3.8) is 0 Å².